The fourth-order valence-corrected chi connectivity index (χ4v) is 2.83. The van der Waals surface area contributed by atoms with Gasteiger partial charge in [0, 0.05) is 30.0 Å². The lowest BCUT2D eigenvalue weighted by molar-refractivity contribution is 0.0940. The molecule has 0 aliphatic rings. The summed E-state index contributed by atoms with van der Waals surface area (Å²) in [6.45, 7) is 5.93. The normalized spacial score (nSPS) is 12.0. The molecule has 0 aliphatic carbocycles. The zero-order valence-electron chi connectivity index (χ0n) is 12.7. The molecular weight excluding hydrogens is 284 g/mol. The highest BCUT2D eigenvalue weighted by atomic mass is 32.1. The Morgan fingerprint density at radius 1 is 1.38 bits per heavy atom. The molecule has 1 unspecified atom stereocenters. The standard InChI is InChI=1S/C15H20N4OS/c1-5-11-7-18-15(21-11)10(3)19-14(20)12-8-17-9(2)6-13(12)16-4/h6-8,10H,5H2,1-4H3,(H,16,17)(H,19,20). The summed E-state index contributed by atoms with van der Waals surface area (Å²) < 4.78 is 0. The molecule has 2 heterocycles. The second kappa shape index (κ2) is 6.67. The Kier molecular flexibility index (Phi) is 4.90. The zero-order valence-corrected chi connectivity index (χ0v) is 13.5. The quantitative estimate of drug-likeness (QED) is 0.891. The molecule has 0 saturated carbocycles. The lowest BCUT2D eigenvalue weighted by atomic mass is 10.2. The van der Waals surface area contributed by atoms with Crippen molar-refractivity contribution in [1.29, 1.82) is 0 Å². The van der Waals surface area contributed by atoms with Crippen LogP contribution in [0.25, 0.3) is 0 Å². The highest BCUT2D eigenvalue weighted by Gasteiger charge is 2.17. The SMILES string of the molecule is CCc1cnc(C(C)NC(=O)c2cnc(C)cc2NC)s1. The lowest BCUT2D eigenvalue weighted by Gasteiger charge is -2.14. The minimum absolute atomic E-state index is 0.117. The molecular formula is C15H20N4OS. The molecule has 0 radical (unpaired) electrons. The highest BCUT2D eigenvalue weighted by Crippen LogP contribution is 2.21. The first-order valence-electron chi connectivity index (χ1n) is 6.95. The Morgan fingerprint density at radius 3 is 2.76 bits per heavy atom. The predicted molar refractivity (Wildman–Crippen MR) is 85.9 cm³/mol. The molecule has 2 aromatic heterocycles. The van der Waals surface area contributed by atoms with Crippen molar-refractivity contribution in [3.63, 3.8) is 0 Å². The van der Waals surface area contributed by atoms with E-state index in [9.17, 15) is 4.79 Å². The number of carbonyl (C=O) groups is 1. The van der Waals surface area contributed by atoms with Gasteiger partial charge in [-0.1, -0.05) is 6.92 Å². The Morgan fingerprint density at radius 2 is 2.14 bits per heavy atom. The van der Waals surface area contributed by atoms with Crippen molar-refractivity contribution in [1.82, 2.24) is 15.3 Å². The molecule has 0 spiro atoms. The average molecular weight is 304 g/mol. The number of hydrogen-bond acceptors (Lipinski definition) is 5. The van der Waals surface area contributed by atoms with Crippen LogP contribution in [0.5, 0.6) is 0 Å². The van der Waals surface area contributed by atoms with Crippen LogP contribution in [0, 0.1) is 6.92 Å². The number of aryl methyl sites for hydroxylation is 2. The molecule has 0 fully saturated rings. The van der Waals surface area contributed by atoms with Gasteiger partial charge in [-0.25, -0.2) is 4.98 Å². The largest absolute Gasteiger partial charge is 0.387 e. The van der Waals surface area contributed by atoms with Crippen molar-refractivity contribution in [2.75, 3.05) is 12.4 Å². The Hall–Kier alpha value is -1.95. The molecule has 0 aliphatic heterocycles. The van der Waals surface area contributed by atoms with E-state index in [1.807, 2.05) is 26.1 Å². The minimum atomic E-state index is -0.146. The number of hydrogen-bond donors (Lipinski definition) is 2. The molecule has 5 nitrogen and oxygen atoms in total. The maximum absolute atomic E-state index is 12.4. The van der Waals surface area contributed by atoms with Gasteiger partial charge in [-0.15, -0.1) is 11.3 Å². The first kappa shape index (κ1) is 15.4. The van der Waals surface area contributed by atoms with Gasteiger partial charge in [0.05, 0.1) is 17.3 Å². The van der Waals surface area contributed by atoms with Gasteiger partial charge >= 0.3 is 0 Å². The van der Waals surface area contributed by atoms with E-state index in [4.69, 9.17) is 0 Å². The van der Waals surface area contributed by atoms with Gasteiger partial charge in [0.25, 0.3) is 5.91 Å². The molecule has 2 N–H and O–H groups in total. The predicted octanol–water partition coefficient (Wildman–Crippen LogP) is 2.94. The molecule has 0 saturated heterocycles. The van der Waals surface area contributed by atoms with Gasteiger partial charge in [-0.05, 0) is 26.3 Å². The first-order valence-corrected chi connectivity index (χ1v) is 7.76. The molecule has 1 atom stereocenters. The summed E-state index contributed by atoms with van der Waals surface area (Å²) in [5, 5.41) is 6.93. The molecule has 21 heavy (non-hydrogen) atoms. The number of nitrogens with zero attached hydrogens (tertiary/aromatic N) is 2. The summed E-state index contributed by atoms with van der Waals surface area (Å²) in [4.78, 5) is 22.2. The summed E-state index contributed by atoms with van der Waals surface area (Å²) in [6.07, 6.45) is 4.43. The Bertz CT molecular complexity index is 638. The van der Waals surface area contributed by atoms with E-state index in [2.05, 4.69) is 27.5 Å². The van der Waals surface area contributed by atoms with E-state index in [1.54, 1.807) is 24.6 Å². The van der Waals surface area contributed by atoms with Gasteiger partial charge in [-0.3, -0.25) is 9.78 Å². The Labute approximate surface area is 128 Å². The summed E-state index contributed by atoms with van der Waals surface area (Å²) in [5.74, 6) is -0.146. The van der Waals surface area contributed by atoms with Crippen molar-refractivity contribution in [3.05, 3.63) is 39.6 Å². The third kappa shape index (κ3) is 3.58. The van der Waals surface area contributed by atoms with Crippen LogP contribution in [0.4, 0.5) is 5.69 Å². The van der Waals surface area contributed by atoms with Crippen LogP contribution in [0.15, 0.2) is 18.5 Å². The number of carbonyl (C=O) groups excluding carboxylic acids is 1. The number of amides is 1. The summed E-state index contributed by atoms with van der Waals surface area (Å²) in [5.41, 5.74) is 2.19. The molecule has 1 amide bonds. The molecule has 0 bridgehead atoms. The second-order valence-corrected chi connectivity index (χ2v) is 5.98. The van der Waals surface area contributed by atoms with Gasteiger partial charge in [0.15, 0.2) is 0 Å². The maximum Gasteiger partial charge on any atom is 0.255 e. The molecule has 2 rings (SSSR count). The molecule has 6 heteroatoms. The zero-order chi connectivity index (χ0) is 15.4. The van der Waals surface area contributed by atoms with Gasteiger partial charge in [-0.2, -0.15) is 0 Å². The van der Waals surface area contributed by atoms with Crippen molar-refractivity contribution >= 4 is 22.9 Å². The first-order chi connectivity index (χ1) is 10.0. The van der Waals surface area contributed by atoms with Crippen LogP contribution in [0.3, 0.4) is 0 Å². The fourth-order valence-electron chi connectivity index (χ4n) is 1.97. The highest BCUT2D eigenvalue weighted by molar-refractivity contribution is 7.11. The van der Waals surface area contributed by atoms with Gasteiger partial charge in [0.2, 0.25) is 0 Å². The number of aromatic nitrogens is 2. The van der Waals surface area contributed by atoms with Crippen molar-refractivity contribution < 1.29 is 4.79 Å². The topological polar surface area (TPSA) is 66.9 Å². The average Bonchev–Trinajstić information content (AvgIpc) is 2.95. The van der Waals surface area contributed by atoms with Crippen LogP contribution >= 0.6 is 11.3 Å². The van der Waals surface area contributed by atoms with Gasteiger partial charge < -0.3 is 10.6 Å². The third-order valence-corrected chi connectivity index (χ3v) is 4.52. The van der Waals surface area contributed by atoms with Gasteiger partial charge in [0.1, 0.15) is 5.01 Å². The fraction of sp³-hybridized carbons (Fsp3) is 0.400. The minimum Gasteiger partial charge on any atom is -0.387 e. The van der Waals surface area contributed by atoms with Crippen LogP contribution in [-0.2, 0) is 6.42 Å². The van der Waals surface area contributed by atoms with Crippen LogP contribution in [0.1, 0.15) is 45.8 Å². The van der Waals surface area contributed by atoms with E-state index < -0.39 is 0 Å². The number of rotatable bonds is 5. The van der Waals surface area contributed by atoms with E-state index in [0.29, 0.717) is 5.56 Å². The second-order valence-electron chi connectivity index (χ2n) is 4.83. The van der Waals surface area contributed by atoms with E-state index in [1.165, 1.54) is 4.88 Å². The molecule has 112 valence electrons. The smallest absolute Gasteiger partial charge is 0.255 e. The van der Waals surface area contributed by atoms with Crippen molar-refractivity contribution in [3.8, 4) is 0 Å². The van der Waals surface area contributed by atoms with Crippen LogP contribution in [-0.4, -0.2) is 22.9 Å². The van der Waals surface area contributed by atoms with E-state index >= 15 is 0 Å². The number of anilines is 1. The number of thiazole rings is 1. The molecule has 0 aromatic carbocycles. The number of pyridine rings is 1. The monoisotopic (exact) mass is 304 g/mol. The van der Waals surface area contributed by atoms with E-state index in [-0.39, 0.29) is 11.9 Å². The van der Waals surface area contributed by atoms with Crippen molar-refractivity contribution in [2.24, 2.45) is 0 Å². The summed E-state index contributed by atoms with van der Waals surface area (Å²) in [6, 6.07) is 1.74. The maximum atomic E-state index is 12.4. The van der Waals surface area contributed by atoms with Crippen LogP contribution in [0.2, 0.25) is 0 Å². The van der Waals surface area contributed by atoms with Crippen molar-refractivity contribution in [2.45, 2.75) is 33.2 Å². The summed E-state index contributed by atoms with van der Waals surface area (Å²) >= 11 is 1.63. The molecule has 2 aromatic rings. The number of nitrogens with one attached hydrogen (secondary N) is 2. The Balaban J connectivity index is 2.14. The lowest BCUT2D eigenvalue weighted by Crippen LogP contribution is -2.27. The van der Waals surface area contributed by atoms with Crippen LogP contribution < -0.4 is 10.6 Å². The summed E-state index contributed by atoms with van der Waals surface area (Å²) in [7, 11) is 1.79. The van der Waals surface area contributed by atoms with E-state index in [0.717, 1.165) is 22.8 Å². The third-order valence-electron chi connectivity index (χ3n) is 3.19.